The molecular formula is C3H5INaO4P. The Labute approximate surface area is 90.2 Å². The van der Waals surface area contributed by atoms with E-state index < -0.39 is 7.82 Å². The number of rotatable bonds is 0. The topological polar surface area (TPSA) is 77.8 Å². The first-order valence-corrected chi connectivity index (χ1v) is 6.34. The molecule has 10 heavy (non-hydrogen) atoms. The van der Waals surface area contributed by atoms with E-state index in [1.165, 1.54) is 27.9 Å². The van der Waals surface area contributed by atoms with Crippen LogP contribution in [0.4, 0.5) is 0 Å². The molecule has 0 aromatic carbocycles. The molecule has 0 aromatic heterocycles. The van der Waals surface area contributed by atoms with E-state index in [0.717, 1.165) is 3.67 Å². The maximum absolute atomic E-state index is 8.88. The molecule has 0 fully saturated rings. The van der Waals surface area contributed by atoms with Gasteiger partial charge in [-0.3, -0.25) is 0 Å². The normalized spacial score (nSPS) is 8.60. The first-order chi connectivity index (χ1) is 4.41. The summed E-state index contributed by atoms with van der Waals surface area (Å²) in [5.41, 5.74) is 0. The van der Waals surface area contributed by atoms with Gasteiger partial charge in [-0.1, -0.05) is 0 Å². The fourth-order valence-corrected chi connectivity index (χ4v) is 1.34. The molecule has 0 heterocycles. The van der Waals surface area contributed by atoms with E-state index in [-0.39, 0.29) is 0 Å². The minimum absolute atomic E-state index is 1.11. The van der Waals surface area contributed by atoms with E-state index in [2.05, 4.69) is 9.85 Å². The molecule has 0 aliphatic rings. The zero-order valence-corrected chi connectivity index (χ0v) is 10.3. The number of hydrogen-bond donors (Lipinski definition) is 3. The Morgan fingerprint density at radius 2 is 1.80 bits per heavy atom. The molecular weight excluding hydrogens is 281 g/mol. The minimum atomic E-state index is -4.64. The van der Waals surface area contributed by atoms with Crippen LogP contribution in [0.3, 0.4) is 0 Å². The summed E-state index contributed by atoms with van der Waals surface area (Å²) in [5.74, 6) is 2.91. The molecule has 0 aliphatic carbocycles. The molecule has 0 unspecified atom stereocenters. The van der Waals surface area contributed by atoms with Gasteiger partial charge in [-0.05, 0) is 0 Å². The third-order valence-corrected chi connectivity index (χ3v) is 0.979. The quantitative estimate of drug-likeness (QED) is 0.254. The van der Waals surface area contributed by atoms with Crippen LogP contribution in [0.1, 0.15) is 0 Å². The van der Waals surface area contributed by atoms with Crippen molar-refractivity contribution in [2.45, 2.75) is 3.67 Å². The zero-order valence-electron chi connectivity index (χ0n) is 5.28. The van der Waals surface area contributed by atoms with Crippen LogP contribution in [-0.4, -0.2) is 42.6 Å². The Morgan fingerprint density at radius 3 is 1.80 bits per heavy atom. The average molecular weight is 286 g/mol. The second kappa shape index (κ2) is 8.50. The van der Waals surface area contributed by atoms with Crippen LogP contribution in [0.15, 0.2) is 0 Å². The Balaban J connectivity index is 0. The predicted molar refractivity (Wildman–Crippen MR) is 46.6 cm³/mol. The van der Waals surface area contributed by atoms with Crippen LogP contribution >= 0.6 is 30.4 Å². The van der Waals surface area contributed by atoms with Gasteiger partial charge in [0.15, 0.2) is 0 Å². The number of phosphoric acid groups is 1. The van der Waals surface area contributed by atoms with Gasteiger partial charge in [0.05, 0.1) is 0 Å². The van der Waals surface area contributed by atoms with Gasteiger partial charge in [0.25, 0.3) is 0 Å². The molecule has 7 heteroatoms. The standard InChI is InChI=1S/C3H2I.Na.H3O4P/c1-2-3-4;;1-5(2,3)4/h1H2;;(H3,1,2,3,4). The van der Waals surface area contributed by atoms with Crippen molar-refractivity contribution in [3.8, 4) is 9.85 Å². The van der Waals surface area contributed by atoms with Crippen LogP contribution in [-0.2, 0) is 4.57 Å². The van der Waals surface area contributed by atoms with Crippen molar-refractivity contribution in [2.75, 3.05) is 0 Å². The van der Waals surface area contributed by atoms with Crippen molar-refractivity contribution in [3.05, 3.63) is 0 Å². The van der Waals surface area contributed by atoms with Gasteiger partial charge in [0, 0.05) is 0 Å². The second-order valence-corrected chi connectivity index (χ2v) is 3.41. The van der Waals surface area contributed by atoms with Gasteiger partial charge in [-0.25, -0.2) is 4.57 Å². The maximum atomic E-state index is 8.88. The molecule has 0 aromatic rings. The molecule has 4 nitrogen and oxygen atoms in total. The Morgan fingerprint density at radius 1 is 1.50 bits per heavy atom. The van der Waals surface area contributed by atoms with E-state index >= 15 is 0 Å². The van der Waals surface area contributed by atoms with E-state index in [0.29, 0.717) is 0 Å². The van der Waals surface area contributed by atoms with Crippen molar-refractivity contribution < 1.29 is 19.2 Å². The summed E-state index contributed by atoms with van der Waals surface area (Å²) in [7, 11) is -4.64. The summed E-state index contributed by atoms with van der Waals surface area (Å²) in [6.07, 6.45) is 0. The number of hydrogen-bond acceptors (Lipinski definition) is 1. The fourth-order valence-electron chi connectivity index (χ4n) is 0.0668. The molecule has 0 rings (SSSR count). The predicted octanol–water partition coefficient (Wildman–Crippen LogP) is 0.0405. The molecule has 0 spiro atoms. The van der Waals surface area contributed by atoms with Gasteiger partial charge in [0.1, 0.15) is 0 Å². The molecule has 0 bridgehead atoms. The van der Waals surface area contributed by atoms with Gasteiger partial charge in [0.2, 0.25) is 0 Å². The molecule has 0 saturated heterocycles. The van der Waals surface area contributed by atoms with E-state index in [1.807, 2.05) is 22.6 Å². The molecule has 0 saturated carbocycles. The summed E-state index contributed by atoms with van der Waals surface area (Å²) in [5, 5.41) is 0. The summed E-state index contributed by atoms with van der Waals surface area (Å²) in [6.45, 7) is 0. The third kappa shape index (κ3) is 57.4. The Kier molecular flexibility index (Phi) is 11.9. The van der Waals surface area contributed by atoms with Crippen LogP contribution in [0.5, 0.6) is 0 Å². The van der Waals surface area contributed by atoms with Crippen molar-refractivity contribution in [1.82, 2.24) is 0 Å². The van der Waals surface area contributed by atoms with Gasteiger partial charge >= 0.3 is 71.9 Å². The van der Waals surface area contributed by atoms with Crippen molar-refractivity contribution in [3.63, 3.8) is 0 Å². The third-order valence-electron chi connectivity index (χ3n) is 0.244. The van der Waals surface area contributed by atoms with Crippen LogP contribution < -0.4 is 0 Å². The first-order valence-electron chi connectivity index (χ1n) is 2.28. The zero-order chi connectivity index (χ0) is 8.62. The van der Waals surface area contributed by atoms with Crippen LogP contribution in [0.2, 0.25) is 3.67 Å². The average Bonchev–Trinajstić information content (AvgIpc) is 1.63. The second-order valence-electron chi connectivity index (χ2n) is 1.14. The number of halogens is 1. The summed E-state index contributed by atoms with van der Waals surface area (Å²) < 4.78 is 12.8. The van der Waals surface area contributed by atoms with Crippen molar-refractivity contribution in [1.29, 1.82) is 0 Å². The van der Waals surface area contributed by atoms with E-state index in [1.54, 1.807) is 0 Å². The monoisotopic (exact) mass is 286 g/mol. The van der Waals surface area contributed by atoms with Gasteiger partial charge in [-0.2, -0.15) is 0 Å². The van der Waals surface area contributed by atoms with Crippen molar-refractivity contribution >= 4 is 58.3 Å². The Bertz CT molecular complexity index is 159. The summed E-state index contributed by atoms with van der Waals surface area (Å²) in [4.78, 5) is 21.6. The first kappa shape index (κ1) is 14.0. The van der Waals surface area contributed by atoms with Crippen LogP contribution in [0.25, 0.3) is 0 Å². The summed E-state index contributed by atoms with van der Waals surface area (Å²) >= 11 is 3.27. The molecule has 0 radical (unpaired) electrons. The SMILES string of the molecule is O=P(O)(O)O.[Na][CH2]C#CI. The summed E-state index contributed by atoms with van der Waals surface area (Å²) in [6, 6.07) is 0. The van der Waals surface area contributed by atoms with Gasteiger partial charge in [-0.15, -0.1) is 0 Å². The molecule has 3 N–H and O–H groups in total. The van der Waals surface area contributed by atoms with E-state index in [9.17, 15) is 0 Å². The molecule has 0 aliphatic heterocycles. The Hall–Kier alpha value is 1.40. The molecule has 0 atom stereocenters. The van der Waals surface area contributed by atoms with Crippen LogP contribution in [0, 0.1) is 9.85 Å². The fraction of sp³-hybridized carbons (Fsp3) is 0.333. The van der Waals surface area contributed by atoms with Gasteiger partial charge < -0.3 is 14.7 Å². The van der Waals surface area contributed by atoms with Crippen molar-refractivity contribution in [2.24, 2.45) is 0 Å². The molecule has 0 amide bonds. The van der Waals surface area contributed by atoms with E-state index in [4.69, 9.17) is 19.2 Å². The molecule has 54 valence electrons.